The molecule has 1 heterocycles. The predicted octanol–water partition coefficient (Wildman–Crippen LogP) is 2.06. The van der Waals surface area contributed by atoms with E-state index in [0.717, 1.165) is 17.3 Å². The zero-order valence-electron chi connectivity index (χ0n) is 9.93. The number of hydroxylamine groups is 1. The maximum atomic E-state index is 12.4. The second-order valence-electron chi connectivity index (χ2n) is 3.87. The molecule has 2 rings (SSSR count). The first-order valence-corrected chi connectivity index (χ1v) is 7.36. The van der Waals surface area contributed by atoms with Crippen LogP contribution in [0.15, 0.2) is 23.1 Å². The van der Waals surface area contributed by atoms with Gasteiger partial charge in [0.2, 0.25) is 0 Å². The van der Waals surface area contributed by atoms with Crippen molar-refractivity contribution in [2.24, 2.45) is 0 Å². The summed E-state index contributed by atoms with van der Waals surface area (Å²) in [5, 5.41) is 0.422. The number of benzene rings is 1. The van der Waals surface area contributed by atoms with Gasteiger partial charge in [0.25, 0.3) is 10.0 Å². The van der Waals surface area contributed by atoms with E-state index in [2.05, 4.69) is 0 Å². The van der Waals surface area contributed by atoms with Gasteiger partial charge in [-0.05, 0) is 25.0 Å². The van der Waals surface area contributed by atoms with E-state index >= 15 is 0 Å². The number of sulfonamides is 1. The molecule has 0 atom stereocenters. The van der Waals surface area contributed by atoms with Crippen molar-refractivity contribution in [1.29, 1.82) is 0 Å². The summed E-state index contributed by atoms with van der Waals surface area (Å²) in [6, 6.07) is 4.41. The van der Waals surface area contributed by atoms with E-state index in [1.807, 2.05) is 0 Å². The lowest BCUT2D eigenvalue weighted by atomic mass is 10.3. The summed E-state index contributed by atoms with van der Waals surface area (Å²) < 4.78 is 30.8. The van der Waals surface area contributed by atoms with Crippen LogP contribution in [0.5, 0.6) is 5.75 Å². The monoisotopic (exact) mass is 291 g/mol. The Kier molecular flexibility index (Phi) is 4.11. The van der Waals surface area contributed by atoms with Crippen LogP contribution in [0.1, 0.15) is 12.8 Å². The minimum atomic E-state index is -3.69. The lowest BCUT2D eigenvalue weighted by molar-refractivity contribution is -0.108. The van der Waals surface area contributed by atoms with Crippen molar-refractivity contribution < 1.29 is 18.0 Å². The summed E-state index contributed by atoms with van der Waals surface area (Å²) in [5.41, 5.74) is 0. The zero-order chi connectivity index (χ0) is 13.2. The van der Waals surface area contributed by atoms with Gasteiger partial charge >= 0.3 is 0 Å². The van der Waals surface area contributed by atoms with Crippen LogP contribution in [0, 0.1) is 0 Å². The molecule has 0 saturated carbocycles. The second-order valence-corrected chi connectivity index (χ2v) is 6.10. The Morgan fingerprint density at radius 2 is 2.17 bits per heavy atom. The number of ether oxygens (including phenoxy) is 1. The third-order valence-corrected chi connectivity index (χ3v) is 4.59. The van der Waals surface area contributed by atoms with Crippen LogP contribution in [0.3, 0.4) is 0 Å². The molecule has 1 aliphatic heterocycles. The van der Waals surface area contributed by atoms with Crippen molar-refractivity contribution in [3.8, 4) is 5.75 Å². The average molecular weight is 292 g/mol. The standard InChI is InChI=1S/C11H14ClNO4S/c1-16-10-8-9(12)4-5-11(10)18(14,15)13-6-2-3-7-17-13/h4-5,8H,2-3,6-7H2,1H3. The predicted molar refractivity (Wildman–Crippen MR) is 67.1 cm³/mol. The van der Waals surface area contributed by atoms with E-state index in [4.69, 9.17) is 21.2 Å². The molecular weight excluding hydrogens is 278 g/mol. The molecule has 0 unspecified atom stereocenters. The Hall–Kier alpha value is -0.820. The van der Waals surface area contributed by atoms with Crippen molar-refractivity contribution in [3.63, 3.8) is 0 Å². The summed E-state index contributed by atoms with van der Waals surface area (Å²) in [6.07, 6.45) is 1.65. The Morgan fingerprint density at radius 1 is 1.39 bits per heavy atom. The summed E-state index contributed by atoms with van der Waals surface area (Å²) >= 11 is 5.81. The van der Waals surface area contributed by atoms with Crippen LogP contribution >= 0.6 is 11.6 Å². The SMILES string of the molecule is COc1cc(Cl)ccc1S(=O)(=O)N1CCCCO1. The Balaban J connectivity index is 2.40. The van der Waals surface area contributed by atoms with E-state index in [1.165, 1.54) is 25.3 Å². The van der Waals surface area contributed by atoms with Crippen molar-refractivity contribution in [1.82, 2.24) is 4.47 Å². The molecule has 1 fully saturated rings. The van der Waals surface area contributed by atoms with Gasteiger partial charge in [-0.2, -0.15) is 0 Å². The van der Waals surface area contributed by atoms with Gasteiger partial charge in [0.1, 0.15) is 10.6 Å². The highest BCUT2D eigenvalue weighted by Gasteiger charge is 2.30. The molecule has 1 saturated heterocycles. The zero-order valence-corrected chi connectivity index (χ0v) is 11.5. The van der Waals surface area contributed by atoms with Gasteiger partial charge in [-0.25, -0.2) is 8.42 Å². The van der Waals surface area contributed by atoms with Gasteiger partial charge in [0.15, 0.2) is 0 Å². The van der Waals surface area contributed by atoms with E-state index in [1.54, 1.807) is 0 Å². The number of halogens is 1. The largest absolute Gasteiger partial charge is 0.495 e. The third-order valence-electron chi connectivity index (χ3n) is 2.64. The minimum Gasteiger partial charge on any atom is -0.495 e. The van der Waals surface area contributed by atoms with E-state index in [9.17, 15) is 8.42 Å². The van der Waals surface area contributed by atoms with Crippen molar-refractivity contribution in [2.75, 3.05) is 20.3 Å². The molecule has 0 radical (unpaired) electrons. The molecule has 0 aromatic heterocycles. The van der Waals surface area contributed by atoms with E-state index < -0.39 is 10.0 Å². The van der Waals surface area contributed by atoms with Crippen LogP contribution in [-0.2, 0) is 14.9 Å². The first-order chi connectivity index (χ1) is 8.55. The normalized spacial score (nSPS) is 17.7. The summed E-state index contributed by atoms with van der Waals surface area (Å²) in [4.78, 5) is 5.25. The maximum Gasteiger partial charge on any atom is 0.268 e. The summed E-state index contributed by atoms with van der Waals surface area (Å²) in [7, 11) is -2.29. The quantitative estimate of drug-likeness (QED) is 0.855. The number of hydrogen-bond donors (Lipinski definition) is 0. The third kappa shape index (κ3) is 2.61. The Morgan fingerprint density at radius 3 is 2.78 bits per heavy atom. The van der Waals surface area contributed by atoms with Gasteiger partial charge in [0, 0.05) is 17.6 Å². The number of methoxy groups -OCH3 is 1. The Bertz CT molecular complexity index is 526. The highest BCUT2D eigenvalue weighted by Crippen LogP contribution is 2.30. The minimum absolute atomic E-state index is 0.0660. The van der Waals surface area contributed by atoms with Crippen molar-refractivity contribution in [2.45, 2.75) is 17.7 Å². The number of hydrogen-bond acceptors (Lipinski definition) is 4. The maximum absolute atomic E-state index is 12.4. The fraction of sp³-hybridized carbons (Fsp3) is 0.455. The molecule has 1 aliphatic rings. The van der Waals surface area contributed by atoms with Gasteiger partial charge in [-0.3, -0.25) is 4.84 Å². The average Bonchev–Trinajstić information content (AvgIpc) is 2.39. The van der Waals surface area contributed by atoms with Gasteiger partial charge in [0.05, 0.1) is 13.7 Å². The topological polar surface area (TPSA) is 55.8 Å². The van der Waals surface area contributed by atoms with Gasteiger partial charge in [-0.1, -0.05) is 16.1 Å². The fourth-order valence-corrected chi connectivity index (χ4v) is 3.33. The highest BCUT2D eigenvalue weighted by molar-refractivity contribution is 7.89. The number of nitrogens with zero attached hydrogens (tertiary/aromatic N) is 1. The molecule has 1 aromatic rings. The smallest absolute Gasteiger partial charge is 0.268 e. The number of rotatable bonds is 3. The van der Waals surface area contributed by atoms with Crippen molar-refractivity contribution in [3.05, 3.63) is 23.2 Å². The van der Waals surface area contributed by atoms with Crippen LogP contribution < -0.4 is 4.74 Å². The van der Waals surface area contributed by atoms with Gasteiger partial charge < -0.3 is 4.74 Å². The first-order valence-electron chi connectivity index (χ1n) is 5.55. The summed E-state index contributed by atoms with van der Waals surface area (Å²) in [6.45, 7) is 0.767. The van der Waals surface area contributed by atoms with Crippen LogP contribution in [-0.4, -0.2) is 33.1 Å². The molecule has 0 N–H and O–H groups in total. The van der Waals surface area contributed by atoms with Crippen LogP contribution in [0.2, 0.25) is 5.02 Å². The molecular formula is C11H14ClNO4S. The lowest BCUT2D eigenvalue weighted by Crippen LogP contribution is -2.35. The fourth-order valence-electron chi connectivity index (χ4n) is 1.73. The molecule has 18 heavy (non-hydrogen) atoms. The molecule has 0 spiro atoms. The molecule has 0 amide bonds. The first kappa shape index (κ1) is 13.6. The summed E-state index contributed by atoms with van der Waals surface area (Å²) in [5.74, 6) is 0.219. The lowest BCUT2D eigenvalue weighted by Gasteiger charge is -2.25. The van der Waals surface area contributed by atoms with E-state index in [-0.39, 0.29) is 10.6 Å². The molecule has 0 aliphatic carbocycles. The van der Waals surface area contributed by atoms with Crippen LogP contribution in [0.25, 0.3) is 0 Å². The molecule has 1 aromatic carbocycles. The Labute approximate surface area is 111 Å². The van der Waals surface area contributed by atoms with Gasteiger partial charge in [-0.15, -0.1) is 0 Å². The van der Waals surface area contributed by atoms with E-state index in [0.29, 0.717) is 18.2 Å². The molecule has 0 bridgehead atoms. The highest BCUT2D eigenvalue weighted by atomic mass is 35.5. The second kappa shape index (κ2) is 5.44. The molecule has 100 valence electrons. The van der Waals surface area contributed by atoms with Crippen LogP contribution in [0.4, 0.5) is 0 Å². The molecule has 7 heteroatoms. The van der Waals surface area contributed by atoms with Crippen molar-refractivity contribution >= 4 is 21.6 Å². The molecule has 5 nitrogen and oxygen atoms in total.